The molecule has 7 rings (SSSR count). The summed E-state index contributed by atoms with van der Waals surface area (Å²) in [5.41, 5.74) is 3.43. The van der Waals surface area contributed by atoms with Crippen LogP contribution in [0.2, 0.25) is 0 Å². The van der Waals surface area contributed by atoms with Crippen LogP contribution in [0.4, 0.5) is 4.39 Å². The summed E-state index contributed by atoms with van der Waals surface area (Å²) in [7, 11) is 0. The number of aromatic nitrogens is 6. The molecule has 0 aromatic carbocycles. The predicted molar refractivity (Wildman–Crippen MR) is 131 cm³/mol. The highest BCUT2D eigenvalue weighted by atomic mass is 19.1. The molecule has 10 heteroatoms. The fourth-order valence-corrected chi connectivity index (χ4v) is 5.17. The van der Waals surface area contributed by atoms with Crippen LogP contribution in [0.5, 0.6) is 11.9 Å². The van der Waals surface area contributed by atoms with Gasteiger partial charge in [0.1, 0.15) is 23.3 Å². The molecule has 4 aromatic heterocycles. The molecule has 186 valence electrons. The molecule has 3 aliphatic rings. The van der Waals surface area contributed by atoms with E-state index in [4.69, 9.17) is 14.5 Å². The van der Waals surface area contributed by atoms with E-state index in [-0.39, 0.29) is 12.1 Å². The first-order chi connectivity index (χ1) is 17.6. The zero-order chi connectivity index (χ0) is 24.6. The Morgan fingerprint density at radius 2 is 1.94 bits per heavy atom. The molecule has 1 atom stereocenters. The summed E-state index contributed by atoms with van der Waals surface area (Å²) in [6, 6.07) is 5.62. The second kappa shape index (κ2) is 9.42. The number of hydrogen-bond acceptors (Lipinski definition) is 8. The van der Waals surface area contributed by atoms with E-state index >= 15 is 0 Å². The van der Waals surface area contributed by atoms with E-state index in [1.165, 1.54) is 38.2 Å². The third-order valence-corrected chi connectivity index (χ3v) is 6.99. The highest BCUT2D eigenvalue weighted by Crippen LogP contribution is 2.31. The van der Waals surface area contributed by atoms with Crippen LogP contribution in [0.15, 0.2) is 36.8 Å². The van der Waals surface area contributed by atoms with Gasteiger partial charge in [-0.05, 0) is 57.3 Å². The third kappa shape index (κ3) is 4.37. The van der Waals surface area contributed by atoms with Gasteiger partial charge in [0.25, 0.3) is 0 Å². The molecule has 0 unspecified atom stereocenters. The normalized spacial score (nSPS) is 21.1. The summed E-state index contributed by atoms with van der Waals surface area (Å²) < 4.78 is 27.8. The van der Waals surface area contributed by atoms with Gasteiger partial charge in [-0.1, -0.05) is 6.07 Å². The Morgan fingerprint density at radius 1 is 1.08 bits per heavy atom. The van der Waals surface area contributed by atoms with Crippen molar-refractivity contribution in [3.63, 3.8) is 0 Å². The molecule has 3 aliphatic heterocycles. The van der Waals surface area contributed by atoms with Crippen molar-refractivity contribution >= 4 is 11.2 Å². The number of pyridine rings is 2. The van der Waals surface area contributed by atoms with Gasteiger partial charge < -0.3 is 14.0 Å². The van der Waals surface area contributed by atoms with Crippen molar-refractivity contribution in [2.24, 2.45) is 5.92 Å². The number of halogens is 1. The number of imidazole rings is 1. The van der Waals surface area contributed by atoms with Gasteiger partial charge in [-0.2, -0.15) is 9.97 Å². The summed E-state index contributed by atoms with van der Waals surface area (Å²) in [6.07, 6.45) is 7.17. The molecule has 2 bridgehead atoms. The van der Waals surface area contributed by atoms with Crippen LogP contribution < -0.4 is 9.47 Å². The van der Waals surface area contributed by atoms with Crippen LogP contribution in [-0.4, -0.2) is 66.7 Å². The van der Waals surface area contributed by atoms with Crippen LogP contribution in [0.3, 0.4) is 0 Å². The van der Waals surface area contributed by atoms with Crippen LogP contribution in [-0.2, 0) is 6.54 Å². The SMILES string of the molecule is CCOc1nc(C)c2nc(-c3cncc(F)c3)n(Cc3ccc(O[C@H]4CN5CCC4CC5)nc3)c2n1. The molecule has 7 heterocycles. The van der Waals surface area contributed by atoms with Gasteiger partial charge in [0, 0.05) is 30.6 Å². The molecule has 0 aliphatic carbocycles. The smallest absolute Gasteiger partial charge is 0.318 e. The van der Waals surface area contributed by atoms with E-state index in [1.54, 1.807) is 6.20 Å². The molecule has 0 N–H and O–H groups in total. The van der Waals surface area contributed by atoms with Crippen molar-refractivity contribution in [2.75, 3.05) is 26.2 Å². The summed E-state index contributed by atoms with van der Waals surface area (Å²) in [4.78, 5) is 24.9. The highest BCUT2D eigenvalue weighted by Gasteiger charge is 2.35. The third-order valence-electron chi connectivity index (χ3n) is 6.99. The van der Waals surface area contributed by atoms with Gasteiger partial charge in [0.2, 0.25) is 5.88 Å². The van der Waals surface area contributed by atoms with Gasteiger partial charge in [-0.15, -0.1) is 0 Å². The van der Waals surface area contributed by atoms with E-state index in [1.807, 2.05) is 36.7 Å². The first-order valence-electron chi connectivity index (χ1n) is 12.4. The molecule has 0 radical (unpaired) electrons. The zero-order valence-electron chi connectivity index (χ0n) is 20.4. The Bertz CT molecular complexity index is 1380. The van der Waals surface area contributed by atoms with Gasteiger partial charge in [-0.3, -0.25) is 9.88 Å². The molecule has 0 spiro atoms. The molecule has 3 fully saturated rings. The summed E-state index contributed by atoms with van der Waals surface area (Å²) in [5.74, 6) is 1.37. The van der Waals surface area contributed by atoms with Gasteiger partial charge >= 0.3 is 6.01 Å². The first-order valence-corrected chi connectivity index (χ1v) is 12.4. The maximum Gasteiger partial charge on any atom is 0.318 e. The van der Waals surface area contributed by atoms with E-state index < -0.39 is 5.82 Å². The largest absolute Gasteiger partial charge is 0.473 e. The lowest BCUT2D eigenvalue weighted by Crippen LogP contribution is -2.52. The molecular weight excluding hydrogens is 461 g/mol. The lowest BCUT2D eigenvalue weighted by Gasteiger charge is -2.44. The van der Waals surface area contributed by atoms with Crippen molar-refractivity contribution < 1.29 is 13.9 Å². The quantitative estimate of drug-likeness (QED) is 0.389. The Hall–Kier alpha value is -3.66. The molecule has 0 amide bonds. The Kier molecular flexibility index (Phi) is 5.96. The van der Waals surface area contributed by atoms with E-state index in [0.29, 0.717) is 53.2 Å². The zero-order valence-corrected chi connectivity index (χ0v) is 20.4. The van der Waals surface area contributed by atoms with Crippen LogP contribution in [0.1, 0.15) is 31.0 Å². The second-order valence-corrected chi connectivity index (χ2v) is 9.41. The maximum atomic E-state index is 14.0. The molecular formula is C26H28FN7O2. The number of piperidine rings is 3. The van der Waals surface area contributed by atoms with Crippen molar-refractivity contribution in [3.05, 3.63) is 53.9 Å². The van der Waals surface area contributed by atoms with E-state index in [9.17, 15) is 4.39 Å². The number of rotatable bonds is 7. The Balaban J connectivity index is 1.33. The van der Waals surface area contributed by atoms with Crippen molar-refractivity contribution in [1.82, 2.24) is 34.4 Å². The van der Waals surface area contributed by atoms with Crippen LogP contribution >= 0.6 is 0 Å². The molecule has 9 nitrogen and oxygen atoms in total. The second-order valence-electron chi connectivity index (χ2n) is 9.41. The van der Waals surface area contributed by atoms with Crippen molar-refractivity contribution in [1.29, 1.82) is 0 Å². The van der Waals surface area contributed by atoms with Crippen LogP contribution in [0, 0.1) is 18.7 Å². The van der Waals surface area contributed by atoms with E-state index in [2.05, 4.69) is 24.8 Å². The number of aryl methyl sites for hydroxylation is 1. The van der Waals surface area contributed by atoms with Gasteiger partial charge in [0.05, 0.1) is 25.0 Å². The van der Waals surface area contributed by atoms with Crippen molar-refractivity contribution in [3.8, 4) is 23.3 Å². The Labute approximate surface area is 208 Å². The predicted octanol–water partition coefficient (Wildman–Crippen LogP) is 3.65. The molecule has 3 saturated heterocycles. The minimum Gasteiger partial charge on any atom is -0.473 e. The minimum atomic E-state index is -0.431. The molecule has 4 aromatic rings. The Morgan fingerprint density at radius 3 is 2.64 bits per heavy atom. The number of hydrogen-bond donors (Lipinski definition) is 0. The van der Waals surface area contributed by atoms with Gasteiger partial charge in [0.15, 0.2) is 5.65 Å². The average Bonchev–Trinajstić information content (AvgIpc) is 3.25. The fourth-order valence-electron chi connectivity index (χ4n) is 5.17. The molecule has 0 saturated carbocycles. The first kappa shape index (κ1) is 22.8. The van der Waals surface area contributed by atoms with Crippen molar-refractivity contribution in [2.45, 2.75) is 39.3 Å². The molecule has 36 heavy (non-hydrogen) atoms. The summed E-state index contributed by atoms with van der Waals surface area (Å²) in [5, 5.41) is 0. The number of fused-ring (bicyclic) bond motifs is 4. The highest BCUT2D eigenvalue weighted by molar-refractivity contribution is 5.79. The minimum absolute atomic E-state index is 0.201. The van der Waals surface area contributed by atoms with Crippen LogP contribution in [0.25, 0.3) is 22.6 Å². The monoisotopic (exact) mass is 489 g/mol. The van der Waals surface area contributed by atoms with E-state index in [0.717, 1.165) is 12.1 Å². The summed E-state index contributed by atoms with van der Waals surface area (Å²) >= 11 is 0. The standard InChI is InChI=1S/C26H28FN7O2/c1-3-35-26-30-16(2)23-25(32-26)34(24(31-23)19-10-20(27)13-28-12-19)14-17-4-5-22(29-11-17)36-21-15-33-8-6-18(21)7-9-33/h4-5,10-13,18,21H,3,6-9,14-15H2,1-2H3/t21-/m0/s1. The summed E-state index contributed by atoms with van der Waals surface area (Å²) in [6.45, 7) is 7.94. The fraction of sp³-hybridized carbons (Fsp3) is 0.423. The number of ether oxygens (including phenoxy) is 2. The lowest BCUT2D eigenvalue weighted by atomic mass is 9.86. The topological polar surface area (TPSA) is 91.1 Å². The maximum absolute atomic E-state index is 14.0. The average molecular weight is 490 g/mol. The lowest BCUT2D eigenvalue weighted by molar-refractivity contribution is -0.00994. The number of nitrogens with zero attached hydrogens (tertiary/aromatic N) is 7. The van der Waals surface area contributed by atoms with Gasteiger partial charge in [-0.25, -0.2) is 14.4 Å².